The summed E-state index contributed by atoms with van der Waals surface area (Å²) >= 11 is 14.3. The minimum Gasteiger partial charge on any atom is -0.303 e. The third-order valence-corrected chi connectivity index (χ3v) is 3.64. The summed E-state index contributed by atoms with van der Waals surface area (Å²) in [6, 6.07) is 5.63. The lowest BCUT2D eigenvalue weighted by Crippen LogP contribution is -1.92. The third kappa shape index (κ3) is 2.00. The van der Waals surface area contributed by atoms with Crippen molar-refractivity contribution in [1.29, 1.82) is 0 Å². The highest BCUT2D eigenvalue weighted by Crippen LogP contribution is 2.27. The van der Waals surface area contributed by atoms with Crippen molar-refractivity contribution < 1.29 is 0 Å². The number of nitrogens with zero attached hydrogens (tertiary/aromatic N) is 2. The molecule has 1 heterocycles. The van der Waals surface area contributed by atoms with Crippen LogP contribution in [0.15, 0.2) is 22.7 Å². The molecule has 0 aliphatic carbocycles. The molecule has 2 aromatic rings. The molecule has 0 bridgehead atoms. The number of rotatable bonds is 1. The fourth-order valence-electron chi connectivity index (χ4n) is 1.24. The normalized spacial score (nSPS) is 10.6. The lowest BCUT2D eigenvalue weighted by Gasteiger charge is -2.02. The highest BCUT2D eigenvalue weighted by atomic mass is 79.9. The Morgan fingerprint density at radius 2 is 2.27 bits per heavy atom. The van der Waals surface area contributed by atoms with Gasteiger partial charge in [-0.25, -0.2) is 0 Å². The number of hydrogen-bond acceptors (Lipinski definition) is 2. The van der Waals surface area contributed by atoms with Crippen molar-refractivity contribution in [2.24, 2.45) is 7.05 Å². The largest absolute Gasteiger partial charge is 0.303 e. The van der Waals surface area contributed by atoms with Crippen LogP contribution in [0.3, 0.4) is 0 Å². The maximum absolute atomic E-state index is 5.91. The Hall–Kier alpha value is -0.650. The molecule has 15 heavy (non-hydrogen) atoms. The molecular formula is C9H7BrClN3S. The molecule has 6 heteroatoms. The van der Waals surface area contributed by atoms with Crippen LogP contribution >= 0.6 is 39.7 Å². The van der Waals surface area contributed by atoms with Crippen molar-refractivity contribution in [3.63, 3.8) is 0 Å². The van der Waals surface area contributed by atoms with E-state index in [0.717, 1.165) is 15.9 Å². The second kappa shape index (κ2) is 4.08. The molecule has 0 saturated heterocycles. The first-order chi connectivity index (χ1) is 7.09. The van der Waals surface area contributed by atoms with Crippen LogP contribution in [0.25, 0.3) is 11.4 Å². The third-order valence-electron chi connectivity index (χ3n) is 2.06. The van der Waals surface area contributed by atoms with E-state index >= 15 is 0 Å². The van der Waals surface area contributed by atoms with E-state index in [4.69, 9.17) is 23.8 Å². The topological polar surface area (TPSA) is 33.6 Å². The van der Waals surface area contributed by atoms with Gasteiger partial charge in [0.2, 0.25) is 0 Å². The second-order valence-corrected chi connectivity index (χ2v) is 4.69. The number of aromatic amines is 1. The summed E-state index contributed by atoms with van der Waals surface area (Å²) in [7, 11) is 1.86. The fourth-order valence-corrected chi connectivity index (χ4v) is 1.87. The van der Waals surface area contributed by atoms with E-state index in [-0.39, 0.29) is 0 Å². The first kappa shape index (κ1) is 10.9. The number of halogens is 2. The van der Waals surface area contributed by atoms with E-state index in [1.807, 2.05) is 29.8 Å². The summed E-state index contributed by atoms with van der Waals surface area (Å²) in [5.41, 5.74) is 0.959. The fraction of sp³-hybridized carbons (Fsp3) is 0.111. The Balaban J connectivity index is 2.59. The van der Waals surface area contributed by atoms with Crippen molar-refractivity contribution in [2.75, 3.05) is 0 Å². The molecule has 0 fully saturated rings. The SMILES string of the molecule is Cn1c(-c2ccc(Cl)c(Br)c2)n[nH]c1=S. The van der Waals surface area contributed by atoms with E-state index < -0.39 is 0 Å². The molecule has 3 nitrogen and oxygen atoms in total. The molecule has 1 N–H and O–H groups in total. The van der Waals surface area contributed by atoms with Gasteiger partial charge in [-0.15, -0.1) is 0 Å². The average Bonchev–Trinajstić information content (AvgIpc) is 2.53. The summed E-state index contributed by atoms with van der Waals surface area (Å²) < 4.78 is 3.25. The minimum absolute atomic E-state index is 0.594. The van der Waals surface area contributed by atoms with Crippen LogP contribution < -0.4 is 0 Å². The molecule has 78 valence electrons. The van der Waals surface area contributed by atoms with Crippen LogP contribution in [0, 0.1) is 4.77 Å². The highest BCUT2D eigenvalue weighted by Gasteiger charge is 2.07. The summed E-state index contributed by atoms with van der Waals surface area (Å²) in [5, 5.41) is 7.55. The molecule has 0 atom stereocenters. The van der Waals surface area contributed by atoms with Crippen molar-refractivity contribution in [3.8, 4) is 11.4 Å². The number of hydrogen-bond donors (Lipinski definition) is 1. The van der Waals surface area contributed by atoms with Crippen LogP contribution in [0.4, 0.5) is 0 Å². The van der Waals surface area contributed by atoms with Gasteiger partial charge < -0.3 is 4.57 Å². The van der Waals surface area contributed by atoms with Crippen LogP contribution in [0.2, 0.25) is 5.02 Å². The molecule has 0 radical (unpaired) electrons. The zero-order chi connectivity index (χ0) is 11.0. The summed E-state index contributed by atoms with van der Waals surface area (Å²) in [5.74, 6) is 0.789. The van der Waals surface area contributed by atoms with Gasteiger partial charge in [0.25, 0.3) is 0 Å². The zero-order valence-electron chi connectivity index (χ0n) is 7.79. The van der Waals surface area contributed by atoms with Gasteiger partial charge in [0.05, 0.1) is 5.02 Å². The minimum atomic E-state index is 0.594. The summed E-state index contributed by atoms with van der Waals surface area (Å²) in [6.07, 6.45) is 0. The van der Waals surface area contributed by atoms with Gasteiger partial charge >= 0.3 is 0 Å². The first-order valence-electron chi connectivity index (χ1n) is 4.16. The Bertz CT molecular complexity index is 561. The van der Waals surface area contributed by atoms with Crippen LogP contribution in [-0.2, 0) is 7.05 Å². The van der Waals surface area contributed by atoms with E-state index in [0.29, 0.717) is 9.79 Å². The van der Waals surface area contributed by atoms with Crippen LogP contribution in [0.1, 0.15) is 0 Å². The number of nitrogens with one attached hydrogen (secondary N) is 1. The Morgan fingerprint density at radius 3 is 2.80 bits per heavy atom. The van der Waals surface area contributed by atoms with Crippen LogP contribution in [-0.4, -0.2) is 14.8 Å². The molecule has 0 unspecified atom stereocenters. The number of aromatic nitrogens is 3. The molecule has 0 aliphatic rings. The average molecular weight is 305 g/mol. The molecule has 1 aromatic heterocycles. The predicted molar refractivity (Wildman–Crippen MR) is 66.5 cm³/mol. The lowest BCUT2D eigenvalue weighted by molar-refractivity contribution is 0.902. The van der Waals surface area contributed by atoms with Crippen LogP contribution in [0.5, 0.6) is 0 Å². The number of H-pyrrole nitrogens is 1. The molecular weight excluding hydrogens is 298 g/mol. The predicted octanol–water partition coefficient (Wildman–Crippen LogP) is 3.56. The van der Waals surface area contributed by atoms with Gasteiger partial charge in [0, 0.05) is 17.1 Å². The Kier molecular flexibility index (Phi) is 2.95. The molecule has 0 spiro atoms. The van der Waals surface area contributed by atoms with Gasteiger partial charge in [0.1, 0.15) is 0 Å². The van der Waals surface area contributed by atoms with E-state index in [1.165, 1.54) is 0 Å². The quantitative estimate of drug-likeness (QED) is 0.817. The lowest BCUT2D eigenvalue weighted by atomic mass is 10.2. The number of benzene rings is 1. The van der Waals surface area contributed by atoms with E-state index in [9.17, 15) is 0 Å². The summed E-state index contributed by atoms with van der Waals surface area (Å²) in [4.78, 5) is 0. The van der Waals surface area contributed by atoms with Gasteiger partial charge in [-0.3, -0.25) is 5.10 Å². The summed E-state index contributed by atoms with van der Waals surface area (Å²) in [6.45, 7) is 0. The van der Waals surface area contributed by atoms with Crippen molar-refractivity contribution in [1.82, 2.24) is 14.8 Å². The second-order valence-electron chi connectivity index (χ2n) is 3.04. The zero-order valence-corrected chi connectivity index (χ0v) is 10.9. The van der Waals surface area contributed by atoms with E-state index in [1.54, 1.807) is 0 Å². The molecule has 0 aliphatic heterocycles. The highest BCUT2D eigenvalue weighted by molar-refractivity contribution is 9.10. The van der Waals surface area contributed by atoms with Gasteiger partial charge in [-0.1, -0.05) is 11.6 Å². The standard InChI is InChI=1S/C9H7BrClN3S/c1-14-8(12-13-9(14)15)5-2-3-7(11)6(10)4-5/h2-4H,1H3,(H,13,15). The van der Waals surface area contributed by atoms with Gasteiger partial charge in [-0.05, 0) is 46.3 Å². The van der Waals surface area contributed by atoms with E-state index in [2.05, 4.69) is 26.1 Å². The van der Waals surface area contributed by atoms with Crippen molar-refractivity contribution in [3.05, 3.63) is 32.5 Å². The Morgan fingerprint density at radius 1 is 1.53 bits per heavy atom. The van der Waals surface area contributed by atoms with Gasteiger partial charge in [0.15, 0.2) is 10.6 Å². The van der Waals surface area contributed by atoms with Gasteiger partial charge in [-0.2, -0.15) is 5.10 Å². The van der Waals surface area contributed by atoms with Crippen molar-refractivity contribution in [2.45, 2.75) is 0 Å². The smallest absolute Gasteiger partial charge is 0.195 e. The first-order valence-corrected chi connectivity index (χ1v) is 5.74. The molecule has 2 rings (SSSR count). The maximum atomic E-state index is 5.91. The maximum Gasteiger partial charge on any atom is 0.195 e. The molecule has 1 aromatic carbocycles. The Labute approximate surface area is 105 Å². The molecule has 0 amide bonds. The molecule has 0 saturated carbocycles. The monoisotopic (exact) mass is 303 g/mol. The van der Waals surface area contributed by atoms with Crippen molar-refractivity contribution >= 4 is 39.7 Å².